The van der Waals surface area contributed by atoms with Crippen LogP contribution in [0.2, 0.25) is 0 Å². The summed E-state index contributed by atoms with van der Waals surface area (Å²) in [5.74, 6) is -2.74. The van der Waals surface area contributed by atoms with Crippen LogP contribution in [-0.2, 0) is 41.0 Å². The Balaban J connectivity index is 2.22. The Labute approximate surface area is 171 Å². The van der Waals surface area contributed by atoms with E-state index in [4.69, 9.17) is 0 Å². The molecular formula is C17H25N3O7S2. The van der Waals surface area contributed by atoms with E-state index in [1.165, 1.54) is 7.05 Å². The van der Waals surface area contributed by atoms with E-state index in [1.54, 1.807) is 37.3 Å². The number of rotatable bonds is 9. The van der Waals surface area contributed by atoms with Crippen molar-refractivity contribution in [3.63, 3.8) is 0 Å². The van der Waals surface area contributed by atoms with E-state index in [-0.39, 0.29) is 12.8 Å². The fourth-order valence-electron chi connectivity index (χ4n) is 3.03. The molecule has 1 heterocycles. The number of likely N-dealkylation sites (N-methyl/N-ethyl adjacent to an activating group) is 1. The molecule has 1 aliphatic rings. The third kappa shape index (κ3) is 5.32. The van der Waals surface area contributed by atoms with Crippen LogP contribution in [0.5, 0.6) is 0 Å². The number of methoxy groups -OCH3 is 1. The third-order valence-electron chi connectivity index (χ3n) is 4.55. The van der Waals surface area contributed by atoms with Crippen LogP contribution >= 0.6 is 0 Å². The molecule has 29 heavy (non-hydrogen) atoms. The van der Waals surface area contributed by atoms with E-state index in [0.29, 0.717) is 16.3 Å². The summed E-state index contributed by atoms with van der Waals surface area (Å²) in [5, 5.41) is 0. The molecule has 1 amide bonds. The van der Waals surface area contributed by atoms with E-state index in [0.717, 1.165) is 11.4 Å². The number of benzene rings is 1. The number of hydrogen-bond donors (Lipinski definition) is 1. The Hall–Kier alpha value is -2.02. The minimum atomic E-state index is -4.36. The van der Waals surface area contributed by atoms with Gasteiger partial charge in [0.25, 0.3) is 5.91 Å². The van der Waals surface area contributed by atoms with Gasteiger partial charge in [-0.15, -0.1) is 0 Å². The topological polar surface area (TPSA) is 130 Å². The highest BCUT2D eigenvalue weighted by atomic mass is 32.2. The molecule has 162 valence electrons. The van der Waals surface area contributed by atoms with E-state index in [2.05, 4.69) is 9.46 Å². The van der Waals surface area contributed by atoms with Crippen molar-refractivity contribution in [2.45, 2.75) is 38.3 Å². The van der Waals surface area contributed by atoms with Gasteiger partial charge in [-0.25, -0.2) is 12.7 Å². The van der Waals surface area contributed by atoms with Gasteiger partial charge in [0.15, 0.2) is 5.88 Å². The maximum Gasteiger partial charge on any atom is 0.324 e. The number of ether oxygens (including phenoxy) is 1. The van der Waals surface area contributed by atoms with Gasteiger partial charge in [-0.2, -0.15) is 17.4 Å². The van der Waals surface area contributed by atoms with Crippen molar-refractivity contribution >= 4 is 32.1 Å². The van der Waals surface area contributed by atoms with Gasteiger partial charge < -0.3 is 4.74 Å². The number of nitrogens with one attached hydrogen (secondary N) is 1. The summed E-state index contributed by atoms with van der Waals surface area (Å²) in [6.45, 7) is 1.79. The normalized spacial score (nSPS) is 20.6. The Bertz CT molecular complexity index is 948. The number of carbonyl (C=O) groups is 2. The first-order valence-corrected chi connectivity index (χ1v) is 12.0. The van der Waals surface area contributed by atoms with Crippen LogP contribution in [-0.4, -0.2) is 69.4 Å². The van der Waals surface area contributed by atoms with E-state index < -0.39 is 50.1 Å². The van der Waals surface area contributed by atoms with Gasteiger partial charge in [-0.05, 0) is 18.4 Å². The average molecular weight is 448 g/mol. The molecule has 0 aliphatic carbocycles. The van der Waals surface area contributed by atoms with Crippen molar-refractivity contribution in [2.75, 3.05) is 20.0 Å². The lowest BCUT2D eigenvalue weighted by Crippen LogP contribution is -2.48. The first kappa shape index (κ1) is 23.3. The number of hydrogen-bond acceptors (Lipinski definition) is 7. The first-order chi connectivity index (χ1) is 13.5. The minimum Gasteiger partial charge on any atom is -0.468 e. The van der Waals surface area contributed by atoms with Crippen molar-refractivity contribution in [1.82, 2.24) is 13.3 Å². The average Bonchev–Trinajstić information content (AvgIpc) is 2.82. The molecule has 1 aromatic carbocycles. The maximum atomic E-state index is 12.6. The summed E-state index contributed by atoms with van der Waals surface area (Å²) in [6, 6.07) is 6.45. The van der Waals surface area contributed by atoms with Crippen LogP contribution in [0.3, 0.4) is 0 Å². The molecule has 1 aliphatic heterocycles. The quantitative estimate of drug-likeness (QED) is 0.520. The standard InChI is InChI=1S/C17H25N3O7S2/c1-4-8-15-16(21)20(29(25,26)19(15)2)12-28(23,24)18-14(17(22)27-3)11-13-9-6-5-7-10-13/h5-7,9-10,14-15,18H,4,8,11-12H2,1-3H3/t14-,15?/m1/s1. The summed E-state index contributed by atoms with van der Waals surface area (Å²) in [6.07, 6.45) is 0.833. The molecule has 0 saturated carbocycles. The molecule has 0 aromatic heterocycles. The van der Waals surface area contributed by atoms with Crippen molar-refractivity contribution in [1.29, 1.82) is 0 Å². The Morgan fingerprint density at radius 2 is 1.90 bits per heavy atom. The lowest BCUT2D eigenvalue weighted by molar-refractivity contribution is -0.142. The summed E-state index contributed by atoms with van der Waals surface area (Å²) >= 11 is 0. The highest BCUT2D eigenvalue weighted by Crippen LogP contribution is 2.25. The van der Waals surface area contributed by atoms with Crippen LogP contribution in [0.1, 0.15) is 25.3 Å². The lowest BCUT2D eigenvalue weighted by atomic mass is 10.1. The zero-order valence-corrected chi connectivity index (χ0v) is 18.1. The summed E-state index contributed by atoms with van der Waals surface area (Å²) in [5.41, 5.74) is 0.679. The van der Waals surface area contributed by atoms with Crippen molar-refractivity contribution < 1.29 is 31.2 Å². The zero-order valence-electron chi connectivity index (χ0n) is 16.4. The second-order valence-corrected chi connectivity index (χ2v) is 10.3. The minimum absolute atomic E-state index is 0.00576. The van der Waals surface area contributed by atoms with Gasteiger partial charge in [-0.3, -0.25) is 9.59 Å². The third-order valence-corrected chi connectivity index (χ3v) is 7.81. The van der Waals surface area contributed by atoms with E-state index >= 15 is 0 Å². The molecular weight excluding hydrogens is 422 g/mol. The molecule has 2 atom stereocenters. The number of amides is 1. The smallest absolute Gasteiger partial charge is 0.324 e. The Morgan fingerprint density at radius 3 is 2.45 bits per heavy atom. The summed E-state index contributed by atoms with van der Waals surface area (Å²) in [4.78, 5) is 24.5. The fraction of sp³-hybridized carbons (Fsp3) is 0.529. The van der Waals surface area contributed by atoms with Gasteiger partial charge in [0.2, 0.25) is 10.0 Å². The molecule has 12 heteroatoms. The Kier molecular flexibility index (Phi) is 7.38. The SMILES string of the molecule is CCCC1C(=O)N(CS(=O)(=O)N[C@H](Cc2ccccc2)C(=O)OC)S(=O)(=O)N1C. The van der Waals surface area contributed by atoms with Crippen molar-refractivity contribution in [3.05, 3.63) is 35.9 Å². The molecule has 1 unspecified atom stereocenters. The number of esters is 1. The Morgan fingerprint density at radius 1 is 1.28 bits per heavy atom. The second-order valence-electron chi connectivity index (χ2n) is 6.64. The molecule has 10 nitrogen and oxygen atoms in total. The van der Waals surface area contributed by atoms with Crippen LogP contribution in [0.4, 0.5) is 0 Å². The van der Waals surface area contributed by atoms with Gasteiger partial charge in [-0.1, -0.05) is 43.7 Å². The highest BCUT2D eigenvalue weighted by Gasteiger charge is 2.49. The summed E-state index contributed by atoms with van der Waals surface area (Å²) < 4.78 is 58.2. The van der Waals surface area contributed by atoms with Crippen LogP contribution in [0.15, 0.2) is 30.3 Å². The first-order valence-electron chi connectivity index (χ1n) is 8.94. The van der Waals surface area contributed by atoms with Gasteiger partial charge >= 0.3 is 16.2 Å². The molecule has 1 fully saturated rings. The van der Waals surface area contributed by atoms with Gasteiger partial charge in [0.05, 0.1) is 7.11 Å². The summed E-state index contributed by atoms with van der Waals surface area (Å²) in [7, 11) is -6.26. The van der Waals surface area contributed by atoms with Crippen molar-refractivity contribution in [2.24, 2.45) is 0 Å². The van der Waals surface area contributed by atoms with Gasteiger partial charge in [0, 0.05) is 7.05 Å². The molecule has 1 N–H and O–H groups in total. The second kappa shape index (κ2) is 9.20. The molecule has 0 bridgehead atoms. The molecule has 2 rings (SSSR count). The number of carbonyl (C=O) groups excluding carboxylic acids is 2. The van der Waals surface area contributed by atoms with Crippen LogP contribution in [0, 0.1) is 0 Å². The predicted molar refractivity (Wildman–Crippen MR) is 105 cm³/mol. The van der Waals surface area contributed by atoms with Crippen LogP contribution < -0.4 is 4.72 Å². The van der Waals surface area contributed by atoms with Crippen molar-refractivity contribution in [3.8, 4) is 0 Å². The van der Waals surface area contributed by atoms with E-state index in [1.807, 2.05) is 0 Å². The predicted octanol–water partition coefficient (Wildman–Crippen LogP) is -0.165. The lowest BCUT2D eigenvalue weighted by Gasteiger charge is -2.20. The molecule has 0 spiro atoms. The highest BCUT2D eigenvalue weighted by molar-refractivity contribution is 7.92. The molecule has 1 aromatic rings. The molecule has 0 radical (unpaired) electrons. The monoisotopic (exact) mass is 447 g/mol. The van der Waals surface area contributed by atoms with Crippen LogP contribution in [0.25, 0.3) is 0 Å². The maximum absolute atomic E-state index is 12.6. The molecule has 1 saturated heterocycles. The number of sulfonamides is 1. The van der Waals surface area contributed by atoms with Gasteiger partial charge in [0.1, 0.15) is 12.1 Å². The fourth-order valence-corrected chi connectivity index (χ4v) is 6.28. The number of nitrogens with zero attached hydrogens (tertiary/aromatic N) is 2. The zero-order chi connectivity index (χ0) is 21.8. The van der Waals surface area contributed by atoms with E-state index in [9.17, 15) is 26.4 Å². The largest absolute Gasteiger partial charge is 0.468 e.